The first-order valence-electron chi connectivity index (χ1n) is 12.4. The van der Waals surface area contributed by atoms with Crippen LogP contribution in [0.25, 0.3) is 10.8 Å². The lowest BCUT2D eigenvalue weighted by Crippen LogP contribution is -2.59. The fourth-order valence-electron chi connectivity index (χ4n) is 5.69. The first kappa shape index (κ1) is 27.5. The molecule has 0 aromatic heterocycles. The molecule has 2 aromatic carbocycles. The molecular weight excluding hydrogens is 500 g/mol. The number of carboxylic acids is 1. The first-order valence-corrected chi connectivity index (χ1v) is 12.4. The van der Waals surface area contributed by atoms with E-state index in [2.05, 4.69) is 5.32 Å². The highest BCUT2D eigenvalue weighted by atomic mass is 19.4. The average Bonchev–Trinajstić information content (AvgIpc) is 2.79. The zero-order chi connectivity index (χ0) is 27.3. The Balaban J connectivity index is 1.58. The summed E-state index contributed by atoms with van der Waals surface area (Å²) in [7, 11) is 0. The highest BCUT2D eigenvalue weighted by Crippen LogP contribution is 2.48. The second-order valence-corrected chi connectivity index (χ2v) is 10.9. The number of carboxylic acid groups (broad SMARTS) is 1. The Labute approximate surface area is 211 Å². The molecule has 2 N–H and O–H groups in total. The van der Waals surface area contributed by atoms with E-state index in [1.807, 2.05) is 20.8 Å². The van der Waals surface area contributed by atoms with Crippen molar-refractivity contribution in [2.24, 2.45) is 17.3 Å². The number of alkyl halides is 6. The van der Waals surface area contributed by atoms with E-state index in [-0.39, 0.29) is 48.9 Å². The maximum absolute atomic E-state index is 14.3. The number of carbonyl (C=O) groups is 1. The summed E-state index contributed by atoms with van der Waals surface area (Å²) < 4.78 is 87.4. The van der Waals surface area contributed by atoms with E-state index in [0.717, 1.165) is 0 Å². The molecule has 3 atom stereocenters. The first-order chi connectivity index (χ1) is 17.1. The van der Waals surface area contributed by atoms with E-state index in [0.29, 0.717) is 17.4 Å². The van der Waals surface area contributed by atoms with Crippen molar-refractivity contribution in [3.05, 3.63) is 41.5 Å². The standard InChI is InChI=1S/C27H31F6NO3/c1-14(34-22-13-20(24(35)36)25(22,2)3)16-5-4-15-6-11-21(23(19(15)12-16)27(31,32)33)37-18-9-7-17(8-10-18)26(28,29)30/h4-6,11-12,14,17-18,20,22,34H,7-10,13H2,1-3H3,(H,35,36)/t14-,17-,18+,20+,22+/m0/s1. The van der Waals surface area contributed by atoms with Gasteiger partial charge in [0, 0.05) is 12.1 Å². The second kappa shape index (κ2) is 9.67. The van der Waals surface area contributed by atoms with Crippen LogP contribution in [0.4, 0.5) is 26.3 Å². The van der Waals surface area contributed by atoms with Crippen LogP contribution in [0.5, 0.6) is 5.75 Å². The SMILES string of the molecule is C[C@H](N[C@@H]1C[C@H](C(=O)O)C1(C)C)c1ccc2ccc(O[C@H]3CC[C@@H](C(F)(F)F)CC3)c(C(F)(F)F)c2c1. The molecule has 2 saturated carbocycles. The average molecular weight is 532 g/mol. The minimum absolute atomic E-state index is 0.0367. The van der Waals surface area contributed by atoms with E-state index in [4.69, 9.17) is 4.74 Å². The lowest BCUT2D eigenvalue weighted by Gasteiger charge is -2.51. The second-order valence-electron chi connectivity index (χ2n) is 10.9. The molecule has 4 rings (SSSR count). The van der Waals surface area contributed by atoms with Gasteiger partial charge in [-0.25, -0.2) is 0 Å². The molecule has 2 aromatic rings. The zero-order valence-corrected chi connectivity index (χ0v) is 20.8. The molecule has 0 heterocycles. The number of rotatable bonds is 6. The van der Waals surface area contributed by atoms with Crippen LogP contribution in [0.3, 0.4) is 0 Å². The van der Waals surface area contributed by atoms with Crippen molar-refractivity contribution < 1.29 is 41.0 Å². The number of benzene rings is 2. The van der Waals surface area contributed by atoms with Gasteiger partial charge < -0.3 is 15.2 Å². The third-order valence-electron chi connectivity index (χ3n) is 8.24. The summed E-state index contributed by atoms with van der Waals surface area (Å²) in [6, 6.07) is 7.11. The van der Waals surface area contributed by atoms with Gasteiger partial charge in [0.25, 0.3) is 0 Å². The van der Waals surface area contributed by atoms with Gasteiger partial charge in [0.15, 0.2) is 0 Å². The van der Waals surface area contributed by atoms with E-state index < -0.39 is 47.2 Å². The monoisotopic (exact) mass is 531 g/mol. The summed E-state index contributed by atoms with van der Waals surface area (Å²) in [6.45, 7) is 5.53. The van der Waals surface area contributed by atoms with Crippen LogP contribution in [-0.2, 0) is 11.0 Å². The Morgan fingerprint density at radius 1 is 1.05 bits per heavy atom. The molecular formula is C27H31F6NO3. The maximum Gasteiger partial charge on any atom is 0.420 e. The topological polar surface area (TPSA) is 58.6 Å². The molecule has 2 aliphatic rings. The molecule has 204 valence electrons. The summed E-state index contributed by atoms with van der Waals surface area (Å²) in [6.07, 6.45) is -9.60. The van der Waals surface area contributed by atoms with Gasteiger partial charge in [-0.15, -0.1) is 0 Å². The van der Waals surface area contributed by atoms with Gasteiger partial charge in [0.1, 0.15) is 11.3 Å². The van der Waals surface area contributed by atoms with Crippen molar-refractivity contribution in [1.29, 1.82) is 0 Å². The lowest BCUT2D eigenvalue weighted by molar-refractivity contribution is -0.185. The lowest BCUT2D eigenvalue weighted by atomic mass is 9.58. The van der Waals surface area contributed by atoms with Gasteiger partial charge in [0.2, 0.25) is 0 Å². The van der Waals surface area contributed by atoms with Crippen molar-refractivity contribution in [2.45, 2.75) is 83.4 Å². The Kier molecular flexibility index (Phi) is 7.20. The van der Waals surface area contributed by atoms with E-state index >= 15 is 0 Å². The van der Waals surface area contributed by atoms with Crippen molar-refractivity contribution >= 4 is 16.7 Å². The van der Waals surface area contributed by atoms with Crippen LogP contribution in [0.15, 0.2) is 30.3 Å². The van der Waals surface area contributed by atoms with Crippen molar-refractivity contribution in [3.63, 3.8) is 0 Å². The van der Waals surface area contributed by atoms with E-state index in [1.165, 1.54) is 18.2 Å². The predicted octanol–water partition coefficient (Wildman–Crippen LogP) is 7.51. The Morgan fingerprint density at radius 2 is 1.68 bits per heavy atom. The van der Waals surface area contributed by atoms with E-state index in [1.54, 1.807) is 12.1 Å². The smallest absolute Gasteiger partial charge is 0.420 e. The van der Waals surface area contributed by atoms with Crippen molar-refractivity contribution in [2.75, 3.05) is 0 Å². The number of halogens is 6. The summed E-state index contributed by atoms with van der Waals surface area (Å²) in [5.74, 6) is -3.18. The van der Waals surface area contributed by atoms with Gasteiger partial charge in [0.05, 0.1) is 17.9 Å². The van der Waals surface area contributed by atoms with Gasteiger partial charge >= 0.3 is 18.3 Å². The molecule has 0 radical (unpaired) electrons. The number of hydrogen-bond donors (Lipinski definition) is 2. The van der Waals surface area contributed by atoms with Crippen LogP contribution < -0.4 is 10.1 Å². The molecule has 37 heavy (non-hydrogen) atoms. The van der Waals surface area contributed by atoms with E-state index in [9.17, 15) is 36.2 Å². The molecule has 0 spiro atoms. The molecule has 0 unspecified atom stereocenters. The molecule has 2 fully saturated rings. The molecule has 0 saturated heterocycles. The maximum atomic E-state index is 14.3. The summed E-state index contributed by atoms with van der Waals surface area (Å²) in [5, 5.41) is 13.0. The molecule has 0 bridgehead atoms. The predicted molar refractivity (Wildman–Crippen MR) is 126 cm³/mol. The zero-order valence-electron chi connectivity index (χ0n) is 20.8. The minimum Gasteiger partial charge on any atom is -0.490 e. The number of aliphatic carboxylic acids is 1. The van der Waals surface area contributed by atoms with Crippen LogP contribution >= 0.6 is 0 Å². The molecule has 2 aliphatic carbocycles. The van der Waals surface area contributed by atoms with Gasteiger partial charge in [-0.1, -0.05) is 32.0 Å². The minimum atomic E-state index is -4.74. The van der Waals surface area contributed by atoms with Crippen molar-refractivity contribution in [3.8, 4) is 5.75 Å². The van der Waals surface area contributed by atoms with Gasteiger partial charge in [-0.3, -0.25) is 4.79 Å². The third kappa shape index (κ3) is 5.54. The molecule has 0 amide bonds. The Bertz CT molecular complexity index is 1150. The largest absolute Gasteiger partial charge is 0.490 e. The number of nitrogens with one attached hydrogen (secondary N) is 1. The Hall–Kier alpha value is -2.49. The number of fused-ring (bicyclic) bond motifs is 1. The highest BCUT2D eigenvalue weighted by molar-refractivity contribution is 5.89. The number of ether oxygens (including phenoxy) is 1. The van der Waals surface area contributed by atoms with Gasteiger partial charge in [-0.2, -0.15) is 26.3 Å². The molecule has 10 heteroatoms. The fraction of sp³-hybridized carbons (Fsp3) is 0.593. The summed E-state index contributed by atoms with van der Waals surface area (Å²) in [4.78, 5) is 11.4. The van der Waals surface area contributed by atoms with Crippen LogP contribution in [-0.4, -0.2) is 29.4 Å². The summed E-state index contributed by atoms with van der Waals surface area (Å²) >= 11 is 0. The van der Waals surface area contributed by atoms with Crippen molar-refractivity contribution in [1.82, 2.24) is 5.32 Å². The molecule has 4 nitrogen and oxygen atoms in total. The van der Waals surface area contributed by atoms with Gasteiger partial charge in [-0.05, 0) is 72.9 Å². The molecule has 0 aliphatic heterocycles. The highest BCUT2D eigenvalue weighted by Gasteiger charge is 2.52. The number of hydrogen-bond acceptors (Lipinski definition) is 3. The fourth-order valence-corrected chi connectivity index (χ4v) is 5.69. The van der Waals surface area contributed by atoms with Crippen LogP contribution in [0.1, 0.15) is 70.0 Å². The Morgan fingerprint density at radius 3 is 2.22 bits per heavy atom. The summed E-state index contributed by atoms with van der Waals surface area (Å²) in [5.41, 5.74) is -0.831. The normalized spacial score (nSPS) is 26.9. The van der Waals surface area contributed by atoms with Crippen LogP contribution in [0, 0.1) is 17.3 Å². The quantitative estimate of drug-likeness (QED) is 0.379. The van der Waals surface area contributed by atoms with Crippen LogP contribution in [0.2, 0.25) is 0 Å². The third-order valence-corrected chi connectivity index (χ3v) is 8.24.